The highest BCUT2D eigenvalue weighted by molar-refractivity contribution is 5.15. The summed E-state index contributed by atoms with van der Waals surface area (Å²) in [6, 6.07) is 10.3. The van der Waals surface area contributed by atoms with Crippen LogP contribution >= 0.6 is 0 Å². The van der Waals surface area contributed by atoms with Gasteiger partial charge in [-0.05, 0) is 18.4 Å². The first-order chi connectivity index (χ1) is 6.43. The molecule has 70 valence electrons. The fourth-order valence-corrected chi connectivity index (χ4v) is 1.12. The van der Waals surface area contributed by atoms with Gasteiger partial charge in [0.15, 0.2) is 0 Å². The molecule has 0 amide bonds. The maximum atomic E-state index is 8.03. The number of benzene rings is 1. The molecule has 1 aromatic rings. The summed E-state index contributed by atoms with van der Waals surface area (Å²) in [6.07, 6.45) is 5.82. The Morgan fingerprint density at radius 2 is 1.92 bits per heavy atom. The van der Waals surface area contributed by atoms with E-state index in [1.54, 1.807) is 0 Å². The highest BCUT2D eigenvalue weighted by Crippen LogP contribution is 2.02. The van der Waals surface area contributed by atoms with Gasteiger partial charge in [0, 0.05) is 0 Å². The molecule has 0 fully saturated rings. The molecule has 1 aromatic carbocycles. The van der Waals surface area contributed by atoms with Gasteiger partial charge in [-0.1, -0.05) is 42.5 Å². The Hall–Kier alpha value is -1.12. The van der Waals surface area contributed by atoms with Crippen molar-refractivity contribution >= 4 is 0 Å². The summed E-state index contributed by atoms with van der Waals surface area (Å²) in [5.74, 6) is 0. The van der Waals surface area contributed by atoms with Crippen LogP contribution in [-0.2, 0) is 11.3 Å². The van der Waals surface area contributed by atoms with Crippen molar-refractivity contribution in [2.75, 3.05) is 6.61 Å². The smallest absolute Gasteiger partial charge is 0.100 e. The van der Waals surface area contributed by atoms with E-state index >= 15 is 0 Å². The molecule has 0 aromatic heterocycles. The zero-order valence-corrected chi connectivity index (χ0v) is 7.52. The van der Waals surface area contributed by atoms with Gasteiger partial charge in [-0.15, -0.1) is 0 Å². The van der Waals surface area contributed by atoms with E-state index in [0.29, 0.717) is 0 Å². The summed E-state index contributed by atoms with van der Waals surface area (Å²) in [5, 5.41) is 8.03. The van der Waals surface area contributed by atoms with Gasteiger partial charge in [-0.25, -0.2) is 4.89 Å². The minimum absolute atomic E-state index is 0.273. The normalized spacial score (nSPS) is 10.8. The molecule has 0 heterocycles. The number of rotatable bonds is 5. The van der Waals surface area contributed by atoms with E-state index in [2.05, 4.69) is 17.0 Å². The number of hydrogen-bond acceptors (Lipinski definition) is 2. The largest absolute Gasteiger partial charge is 0.252 e. The quantitative estimate of drug-likeness (QED) is 0.426. The van der Waals surface area contributed by atoms with Gasteiger partial charge in [-0.3, -0.25) is 5.26 Å². The van der Waals surface area contributed by atoms with E-state index in [1.165, 1.54) is 5.56 Å². The second-order valence-corrected chi connectivity index (χ2v) is 2.79. The molecule has 13 heavy (non-hydrogen) atoms. The zero-order valence-electron chi connectivity index (χ0n) is 7.52. The van der Waals surface area contributed by atoms with Crippen LogP contribution in [-0.4, -0.2) is 11.9 Å². The van der Waals surface area contributed by atoms with Crippen LogP contribution in [0.15, 0.2) is 42.5 Å². The second-order valence-electron chi connectivity index (χ2n) is 2.79. The van der Waals surface area contributed by atoms with Crippen LogP contribution in [0.3, 0.4) is 0 Å². The fraction of sp³-hybridized carbons (Fsp3) is 0.273. The highest BCUT2D eigenvalue weighted by Gasteiger charge is 1.87. The van der Waals surface area contributed by atoms with Crippen LogP contribution in [0.25, 0.3) is 0 Å². The Morgan fingerprint density at radius 3 is 2.62 bits per heavy atom. The first-order valence-corrected chi connectivity index (χ1v) is 4.39. The van der Waals surface area contributed by atoms with Crippen LogP contribution in [0.4, 0.5) is 0 Å². The average molecular weight is 178 g/mol. The third kappa shape index (κ3) is 4.45. The monoisotopic (exact) mass is 178 g/mol. The van der Waals surface area contributed by atoms with E-state index in [4.69, 9.17) is 5.26 Å². The van der Waals surface area contributed by atoms with Crippen LogP contribution in [0.5, 0.6) is 0 Å². The first kappa shape index (κ1) is 9.96. The molecule has 1 N–H and O–H groups in total. The van der Waals surface area contributed by atoms with Gasteiger partial charge < -0.3 is 0 Å². The zero-order chi connectivity index (χ0) is 9.36. The van der Waals surface area contributed by atoms with Crippen molar-refractivity contribution in [3.63, 3.8) is 0 Å². The van der Waals surface area contributed by atoms with E-state index < -0.39 is 0 Å². The standard InChI is InChI=1S/C11H14O2/c12-13-10-6-2-5-9-11-7-3-1-4-8-11/h1-4,6-8,12H,5,9-10H2/b6-2+. The molecule has 0 saturated carbocycles. The number of hydrogen-bond donors (Lipinski definition) is 1. The molecular formula is C11H14O2. The van der Waals surface area contributed by atoms with Crippen LogP contribution < -0.4 is 0 Å². The van der Waals surface area contributed by atoms with Crippen LogP contribution in [0.1, 0.15) is 12.0 Å². The molecule has 0 spiro atoms. The lowest BCUT2D eigenvalue weighted by molar-refractivity contribution is -0.231. The predicted octanol–water partition coefficient (Wildman–Crippen LogP) is 2.67. The molecule has 0 saturated heterocycles. The molecule has 2 nitrogen and oxygen atoms in total. The Bertz CT molecular complexity index is 242. The maximum Gasteiger partial charge on any atom is 0.100 e. The van der Waals surface area contributed by atoms with Gasteiger partial charge in [0.25, 0.3) is 0 Å². The number of allylic oxidation sites excluding steroid dienone is 1. The van der Waals surface area contributed by atoms with Crippen molar-refractivity contribution in [3.05, 3.63) is 48.0 Å². The topological polar surface area (TPSA) is 29.5 Å². The third-order valence-electron chi connectivity index (χ3n) is 1.78. The summed E-state index contributed by atoms with van der Waals surface area (Å²) in [6.45, 7) is 0.273. The minimum Gasteiger partial charge on any atom is -0.252 e. The van der Waals surface area contributed by atoms with Crippen molar-refractivity contribution in [2.24, 2.45) is 0 Å². The molecule has 2 heteroatoms. The summed E-state index contributed by atoms with van der Waals surface area (Å²) < 4.78 is 0. The summed E-state index contributed by atoms with van der Waals surface area (Å²) >= 11 is 0. The SMILES string of the molecule is OOC/C=C/CCc1ccccc1. The Labute approximate surface area is 78.4 Å². The summed E-state index contributed by atoms with van der Waals surface area (Å²) in [5.41, 5.74) is 1.33. The van der Waals surface area contributed by atoms with Crippen LogP contribution in [0, 0.1) is 0 Å². The van der Waals surface area contributed by atoms with Gasteiger partial charge in [0.05, 0.1) is 0 Å². The first-order valence-electron chi connectivity index (χ1n) is 4.39. The number of aryl methyl sites for hydroxylation is 1. The molecule has 1 rings (SSSR count). The second kappa shape index (κ2) is 6.40. The highest BCUT2D eigenvalue weighted by atomic mass is 17.1. The van der Waals surface area contributed by atoms with Gasteiger partial charge >= 0.3 is 0 Å². The van der Waals surface area contributed by atoms with E-state index in [-0.39, 0.29) is 6.61 Å². The van der Waals surface area contributed by atoms with Gasteiger partial charge in [0.2, 0.25) is 0 Å². The summed E-state index contributed by atoms with van der Waals surface area (Å²) in [4.78, 5) is 3.91. The van der Waals surface area contributed by atoms with Crippen molar-refractivity contribution in [3.8, 4) is 0 Å². The molecule has 0 aliphatic rings. The van der Waals surface area contributed by atoms with E-state index in [9.17, 15) is 0 Å². The lowest BCUT2D eigenvalue weighted by Crippen LogP contribution is -1.84. The van der Waals surface area contributed by atoms with E-state index in [0.717, 1.165) is 12.8 Å². The van der Waals surface area contributed by atoms with Crippen molar-refractivity contribution < 1.29 is 10.1 Å². The molecule has 0 bridgehead atoms. The average Bonchev–Trinajstić information content (AvgIpc) is 2.19. The van der Waals surface area contributed by atoms with Crippen molar-refractivity contribution in [1.29, 1.82) is 0 Å². The van der Waals surface area contributed by atoms with Gasteiger partial charge in [-0.2, -0.15) is 0 Å². The molecular weight excluding hydrogens is 164 g/mol. The Kier molecular flexibility index (Phi) is 4.91. The molecule has 0 atom stereocenters. The minimum atomic E-state index is 0.273. The van der Waals surface area contributed by atoms with E-state index in [1.807, 2.05) is 30.4 Å². The Balaban J connectivity index is 2.20. The lowest BCUT2D eigenvalue weighted by atomic mass is 10.1. The van der Waals surface area contributed by atoms with Crippen molar-refractivity contribution in [1.82, 2.24) is 0 Å². The lowest BCUT2D eigenvalue weighted by Gasteiger charge is -1.95. The Morgan fingerprint density at radius 1 is 1.15 bits per heavy atom. The predicted molar refractivity (Wildman–Crippen MR) is 52.5 cm³/mol. The third-order valence-corrected chi connectivity index (χ3v) is 1.78. The molecule has 0 radical (unpaired) electrons. The van der Waals surface area contributed by atoms with Crippen LogP contribution in [0.2, 0.25) is 0 Å². The molecule has 0 unspecified atom stereocenters. The van der Waals surface area contributed by atoms with Gasteiger partial charge in [0.1, 0.15) is 6.61 Å². The molecule has 0 aliphatic carbocycles. The summed E-state index contributed by atoms with van der Waals surface area (Å²) in [7, 11) is 0. The molecule has 0 aliphatic heterocycles. The fourth-order valence-electron chi connectivity index (χ4n) is 1.12. The maximum absolute atomic E-state index is 8.03. The van der Waals surface area contributed by atoms with Crippen molar-refractivity contribution in [2.45, 2.75) is 12.8 Å².